The van der Waals surface area contributed by atoms with Gasteiger partial charge in [-0.1, -0.05) is 6.07 Å². The summed E-state index contributed by atoms with van der Waals surface area (Å²) in [5.74, 6) is 1.77. The van der Waals surface area contributed by atoms with Gasteiger partial charge in [0.2, 0.25) is 0 Å². The van der Waals surface area contributed by atoms with Gasteiger partial charge in [0, 0.05) is 19.1 Å². The quantitative estimate of drug-likeness (QED) is 0.882. The van der Waals surface area contributed by atoms with Gasteiger partial charge in [-0.3, -0.25) is 0 Å². The summed E-state index contributed by atoms with van der Waals surface area (Å²) < 4.78 is 0. The molecule has 0 spiro atoms. The fraction of sp³-hybridized carbons (Fsp3) is 0.533. The molecule has 102 valence electrons. The Morgan fingerprint density at radius 1 is 1.42 bits per heavy atom. The van der Waals surface area contributed by atoms with Crippen molar-refractivity contribution in [3.63, 3.8) is 0 Å². The molecule has 3 rings (SSSR count). The lowest BCUT2D eigenvalue weighted by Gasteiger charge is -2.35. The summed E-state index contributed by atoms with van der Waals surface area (Å²) in [5.41, 5.74) is 9.35. The molecule has 1 aromatic carbocycles. The molecule has 1 heterocycles. The third kappa shape index (κ3) is 2.80. The van der Waals surface area contributed by atoms with Crippen LogP contribution in [-0.2, 0) is 6.54 Å². The molecule has 0 unspecified atom stereocenters. The summed E-state index contributed by atoms with van der Waals surface area (Å²) in [7, 11) is 2.19. The van der Waals surface area contributed by atoms with Crippen molar-refractivity contribution in [1.82, 2.24) is 14.9 Å². The molecule has 1 fully saturated rings. The summed E-state index contributed by atoms with van der Waals surface area (Å²) >= 11 is 0. The lowest BCUT2D eigenvalue weighted by Crippen LogP contribution is -2.41. The van der Waals surface area contributed by atoms with Gasteiger partial charge in [0.05, 0.1) is 11.0 Å². The number of imidazole rings is 1. The van der Waals surface area contributed by atoms with Crippen LogP contribution in [0.4, 0.5) is 0 Å². The van der Waals surface area contributed by atoms with E-state index in [1.807, 2.05) is 6.92 Å². The van der Waals surface area contributed by atoms with Gasteiger partial charge in [-0.05, 0) is 50.4 Å². The van der Waals surface area contributed by atoms with E-state index >= 15 is 0 Å². The highest BCUT2D eigenvalue weighted by Crippen LogP contribution is 2.26. The summed E-state index contributed by atoms with van der Waals surface area (Å²) in [6, 6.07) is 6.92. The highest BCUT2D eigenvalue weighted by Gasteiger charge is 2.26. The minimum atomic E-state index is 0.447. The Bertz CT molecular complexity index is 569. The number of nitrogens with two attached hydrogens (primary N) is 1. The average molecular weight is 258 g/mol. The molecule has 0 aliphatic heterocycles. The van der Waals surface area contributed by atoms with E-state index in [0.29, 0.717) is 6.04 Å². The van der Waals surface area contributed by atoms with E-state index in [1.54, 1.807) is 0 Å². The van der Waals surface area contributed by atoms with E-state index in [9.17, 15) is 0 Å². The zero-order valence-electron chi connectivity index (χ0n) is 11.7. The van der Waals surface area contributed by atoms with E-state index in [2.05, 4.69) is 40.1 Å². The Morgan fingerprint density at radius 3 is 2.95 bits per heavy atom. The molecule has 0 radical (unpaired) electrons. The molecule has 4 heteroatoms. The van der Waals surface area contributed by atoms with Gasteiger partial charge in [0.25, 0.3) is 0 Å². The van der Waals surface area contributed by atoms with Crippen LogP contribution < -0.4 is 5.73 Å². The maximum Gasteiger partial charge on any atom is 0.104 e. The maximum absolute atomic E-state index is 5.83. The van der Waals surface area contributed by atoms with Crippen molar-refractivity contribution in [2.24, 2.45) is 11.7 Å². The van der Waals surface area contributed by atoms with Crippen molar-refractivity contribution < 1.29 is 0 Å². The normalized spacial score (nSPS) is 22.9. The van der Waals surface area contributed by atoms with Crippen LogP contribution >= 0.6 is 0 Å². The molecule has 19 heavy (non-hydrogen) atoms. The van der Waals surface area contributed by atoms with Crippen molar-refractivity contribution in [1.29, 1.82) is 0 Å². The summed E-state index contributed by atoms with van der Waals surface area (Å²) in [4.78, 5) is 10.1. The van der Waals surface area contributed by atoms with Crippen LogP contribution in [0.2, 0.25) is 0 Å². The average Bonchev–Trinajstić information content (AvgIpc) is 2.66. The largest absolute Gasteiger partial charge is 0.342 e. The second-order valence-electron chi connectivity index (χ2n) is 5.97. The monoisotopic (exact) mass is 258 g/mol. The van der Waals surface area contributed by atoms with Gasteiger partial charge in [-0.25, -0.2) is 4.98 Å². The molecule has 0 bridgehead atoms. The maximum atomic E-state index is 5.83. The van der Waals surface area contributed by atoms with E-state index in [0.717, 1.165) is 35.9 Å². The van der Waals surface area contributed by atoms with Crippen molar-refractivity contribution >= 4 is 11.0 Å². The number of rotatable bonds is 4. The number of aryl methyl sites for hydroxylation is 1. The van der Waals surface area contributed by atoms with Gasteiger partial charge in [-0.2, -0.15) is 0 Å². The smallest absolute Gasteiger partial charge is 0.104 e. The zero-order chi connectivity index (χ0) is 13.4. The highest BCUT2D eigenvalue weighted by atomic mass is 15.1. The number of aromatic amines is 1. The summed E-state index contributed by atoms with van der Waals surface area (Å²) in [6.45, 7) is 4.12. The third-order valence-corrected chi connectivity index (χ3v) is 3.96. The van der Waals surface area contributed by atoms with Crippen LogP contribution in [0.1, 0.15) is 24.2 Å². The van der Waals surface area contributed by atoms with Gasteiger partial charge in [0.15, 0.2) is 0 Å². The Balaban J connectivity index is 1.63. The SMILES string of the molecule is Cc1nc2ccc(CN(C)CC3CC(N)C3)cc2[nH]1. The minimum absolute atomic E-state index is 0.447. The molecule has 0 amide bonds. The predicted molar refractivity (Wildman–Crippen MR) is 77.9 cm³/mol. The molecule has 1 saturated carbocycles. The molecule has 1 aliphatic rings. The molecule has 0 saturated heterocycles. The number of nitrogens with zero attached hydrogens (tertiary/aromatic N) is 2. The Kier molecular flexibility index (Phi) is 3.29. The number of aromatic nitrogens is 2. The first kappa shape index (κ1) is 12.6. The summed E-state index contributed by atoms with van der Waals surface area (Å²) in [5, 5.41) is 0. The molecular weight excluding hydrogens is 236 g/mol. The zero-order valence-corrected chi connectivity index (χ0v) is 11.7. The van der Waals surface area contributed by atoms with Gasteiger partial charge < -0.3 is 15.6 Å². The third-order valence-electron chi connectivity index (χ3n) is 3.96. The number of hydrogen-bond acceptors (Lipinski definition) is 3. The van der Waals surface area contributed by atoms with E-state index in [1.165, 1.54) is 18.4 Å². The molecule has 2 aromatic rings. The minimum Gasteiger partial charge on any atom is -0.342 e. The second kappa shape index (κ2) is 4.94. The molecule has 1 aromatic heterocycles. The van der Waals surface area contributed by atoms with E-state index < -0.39 is 0 Å². The van der Waals surface area contributed by atoms with Crippen molar-refractivity contribution in [2.45, 2.75) is 32.4 Å². The van der Waals surface area contributed by atoms with Crippen LogP contribution in [0.25, 0.3) is 11.0 Å². The lowest BCUT2D eigenvalue weighted by atomic mass is 9.80. The van der Waals surface area contributed by atoms with Gasteiger partial charge in [-0.15, -0.1) is 0 Å². The van der Waals surface area contributed by atoms with E-state index in [4.69, 9.17) is 5.73 Å². The number of hydrogen-bond donors (Lipinski definition) is 2. The molecule has 4 nitrogen and oxygen atoms in total. The first-order valence-corrected chi connectivity index (χ1v) is 6.99. The Hall–Kier alpha value is -1.39. The number of fused-ring (bicyclic) bond motifs is 1. The molecule has 1 aliphatic carbocycles. The van der Waals surface area contributed by atoms with Crippen molar-refractivity contribution in [2.75, 3.05) is 13.6 Å². The fourth-order valence-electron chi connectivity index (χ4n) is 3.04. The fourth-order valence-corrected chi connectivity index (χ4v) is 3.04. The Labute approximate surface area is 114 Å². The number of nitrogens with one attached hydrogen (secondary N) is 1. The van der Waals surface area contributed by atoms with Crippen LogP contribution in [0.5, 0.6) is 0 Å². The van der Waals surface area contributed by atoms with Crippen molar-refractivity contribution in [3.8, 4) is 0 Å². The molecule has 0 atom stereocenters. The van der Waals surface area contributed by atoms with Crippen molar-refractivity contribution in [3.05, 3.63) is 29.6 Å². The molecule has 3 N–H and O–H groups in total. The highest BCUT2D eigenvalue weighted by molar-refractivity contribution is 5.75. The second-order valence-corrected chi connectivity index (χ2v) is 5.97. The van der Waals surface area contributed by atoms with Crippen LogP contribution in [0.15, 0.2) is 18.2 Å². The van der Waals surface area contributed by atoms with Crippen LogP contribution in [-0.4, -0.2) is 34.5 Å². The topological polar surface area (TPSA) is 57.9 Å². The number of benzene rings is 1. The lowest BCUT2D eigenvalue weighted by molar-refractivity contribution is 0.178. The predicted octanol–water partition coefficient (Wildman–Crippen LogP) is 2.04. The van der Waals surface area contributed by atoms with Gasteiger partial charge in [0.1, 0.15) is 5.82 Å². The van der Waals surface area contributed by atoms with Gasteiger partial charge >= 0.3 is 0 Å². The summed E-state index contributed by atoms with van der Waals surface area (Å²) in [6.07, 6.45) is 2.37. The first-order valence-electron chi connectivity index (χ1n) is 6.99. The standard InChI is InChI=1S/C15H22N4/c1-10-17-14-4-3-11(7-15(14)18-10)8-19(2)9-12-5-13(16)6-12/h3-4,7,12-13H,5-6,8-9,16H2,1-2H3,(H,17,18). The number of H-pyrrole nitrogens is 1. The molecular formula is C15H22N4. The first-order chi connectivity index (χ1) is 9.10. The van der Waals surface area contributed by atoms with Crippen LogP contribution in [0, 0.1) is 12.8 Å². The van der Waals surface area contributed by atoms with E-state index in [-0.39, 0.29) is 0 Å². The Morgan fingerprint density at radius 2 is 2.21 bits per heavy atom. The van der Waals surface area contributed by atoms with Crippen LogP contribution in [0.3, 0.4) is 0 Å².